The summed E-state index contributed by atoms with van der Waals surface area (Å²) in [5.74, 6) is 2.22. The molecule has 0 bridgehead atoms. The van der Waals surface area contributed by atoms with Gasteiger partial charge in [-0.2, -0.15) is 11.8 Å². The van der Waals surface area contributed by atoms with Gasteiger partial charge < -0.3 is 16.0 Å². The lowest BCUT2D eigenvalue weighted by Crippen LogP contribution is -2.47. The smallest absolute Gasteiger partial charge is 0.237 e. The number of para-hydroxylation sites is 1. The van der Waals surface area contributed by atoms with E-state index >= 15 is 0 Å². The fraction of sp³-hybridized carbons (Fsp3) is 0.438. The van der Waals surface area contributed by atoms with Crippen LogP contribution in [0.2, 0.25) is 0 Å². The van der Waals surface area contributed by atoms with Crippen molar-refractivity contribution in [1.29, 1.82) is 0 Å². The summed E-state index contributed by atoms with van der Waals surface area (Å²) in [6.45, 7) is 0. The summed E-state index contributed by atoms with van der Waals surface area (Å²) in [5, 5.41) is 4.24. The Labute approximate surface area is 128 Å². The van der Waals surface area contributed by atoms with Gasteiger partial charge in [0.2, 0.25) is 5.91 Å². The zero-order valence-electron chi connectivity index (χ0n) is 12.0. The van der Waals surface area contributed by atoms with Crippen LogP contribution in [0.25, 0.3) is 10.9 Å². The first kappa shape index (κ1) is 14.5. The third kappa shape index (κ3) is 3.41. The van der Waals surface area contributed by atoms with Crippen molar-refractivity contribution in [3.8, 4) is 0 Å². The number of hydrogen-bond acceptors (Lipinski definition) is 3. The maximum atomic E-state index is 12.2. The van der Waals surface area contributed by atoms with Crippen LogP contribution in [-0.4, -0.2) is 34.5 Å². The van der Waals surface area contributed by atoms with Crippen LogP contribution < -0.4 is 11.1 Å². The van der Waals surface area contributed by atoms with Crippen LogP contribution in [0.5, 0.6) is 0 Å². The van der Waals surface area contributed by atoms with Crippen LogP contribution >= 0.6 is 11.8 Å². The highest BCUT2D eigenvalue weighted by Crippen LogP contribution is 2.19. The van der Waals surface area contributed by atoms with Crippen molar-refractivity contribution >= 4 is 28.6 Å². The van der Waals surface area contributed by atoms with Gasteiger partial charge in [0.05, 0.1) is 6.04 Å². The number of H-pyrrole nitrogens is 1. The number of nitrogens with one attached hydrogen (secondary N) is 2. The highest BCUT2D eigenvalue weighted by molar-refractivity contribution is 7.99. The summed E-state index contributed by atoms with van der Waals surface area (Å²) in [6, 6.07) is 7.90. The van der Waals surface area contributed by atoms with Crippen LogP contribution in [0, 0.1) is 0 Å². The largest absolute Gasteiger partial charge is 0.361 e. The molecular weight excluding hydrogens is 282 g/mol. The van der Waals surface area contributed by atoms with Crippen molar-refractivity contribution in [2.45, 2.75) is 31.3 Å². The molecule has 0 unspecified atom stereocenters. The first-order chi connectivity index (χ1) is 10.2. The van der Waals surface area contributed by atoms with E-state index in [2.05, 4.69) is 16.4 Å². The van der Waals surface area contributed by atoms with Crippen molar-refractivity contribution in [1.82, 2.24) is 10.3 Å². The molecule has 0 spiro atoms. The van der Waals surface area contributed by atoms with Gasteiger partial charge in [-0.15, -0.1) is 0 Å². The SMILES string of the molecule is N[C@@H](Cc1c[nH]c2ccccc12)C(=O)NC1CCSCC1. The van der Waals surface area contributed by atoms with Crippen LogP contribution in [0.3, 0.4) is 0 Å². The average molecular weight is 303 g/mol. The molecule has 1 aliphatic rings. The van der Waals surface area contributed by atoms with Crippen molar-refractivity contribution in [3.05, 3.63) is 36.0 Å². The number of fused-ring (bicyclic) bond motifs is 1. The van der Waals surface area contributed by atoms with Gasteiger partial charge in [0, 0.05) is 23.1 Å². The number of nitrogens with two attached hydrogens (primary N) is 1. The molecule has 1 amide bonds. The molecule has 2 heterocycles. The Hall–Kier alpha value is -1.46. The van der Waals surface area contributed by atoms with E-state index < -0.39 is 6.04 Å². The maximum Gasteiger partial charge on any atom is 0.237 e. The molecule has 4 nitrogen and oxygen atoms in total. The lowest BCUT2D eigenvalue weighted by Gasteiger charge is -2.24. The first-order valence-corrected chi connectivity index (χ1v) is 8.58. The predicted octanol–water partition coefficient (Wildman–Crippen LogP) is 2.05. The normalized spacial score (nSPS) is 17.8. The number of carbonyl (C=O) groups excluding carboxylic acids is 1. The molecule has 1 saturated heterocycles. The molecule has 112 valence electrons. The second-order valence-electron chi connectivity index (χ2n) is 5.57. The van der Waals surface area contributed by atoms with Gasteiger partial charge in [-0.05, 0) is 42.4 Å². The van der Waals surface area contributed by atoms with E-state index in [0.29, 0.717) is 12.5 Å². The minimum absolute atomic E-state index is 0.0304. The summed E-state index contributed by atoms with van der Waals surface area (Å²) < 4.78 is 0. The fourth-order valence-corrected chi connectivity index (χ4v) is 3.89. The molecule has 3 rings (SSSR count). The summed E-state index contributed by atoms with van der Waals surface area (Å²) in [6.07, 6.45) is 4.62. The van der Waals surface area contributed by atoms with Gasteiger partial charge in [-0.25, -0.2) is 0 Å². The third-order valence-electron chi connectivity index (χ3n) is 4.02. The van der Waals surface area contributed by atoms with Crippen molar-refractivity contribution in [2.24, 2.45) is 5.73 Å². The Balaban J connectivity index is 1.62. The Morgan fingerprint density at radius 2 is 2.14 bits per heavy atom. The zero-order chi connectivity index (χ0) is 14.7. The molecule has 0 aliphatic carbocycles. The van der Waals surface area contributed by atoms with E-state index in [1.807, 2.05) is 36.2 Å². The van der Waals surface area contributed by atoms with Crippen molar-refractivity contribution < 1.29 is 4.79 Å². The molecule has 4 N–H and O–H groups in total. The minimum Gasteiger partial charge on any atom is -0.361 e. The van der Waals surface area contributed by atoms with Gasteiger partial charge >= 0.3 is 0 Å². The van der Waals surface area contributed by atoms with E-state index in [1.165, 1.54) is 0 Å². The van der Waals surface area contributed by atoms with Crippen molar-refractivity contribution in [3.63, 3.8) is 0 Å². The number of carbonyl (C=O) groups is 1. The topological polar surface area (TPSA) is 70.9 Å². The molecule has 5 heteroatoms. The first-order valence-electron chi connectivity index (χ1n) is 7.43. The van der Waals surface area contributed by atoms with Gasteiger partial charge in [0.15, 0.2) is 0 Å². The summed E-state index contributed by atoms with van der Waals surface area (Å²) in [4.78, 5) is 15.4. The Morgan fingerprint density at radius 3 is 2.95 bits per heavy atom. The Kier molecular flexibility index (Phi) is 4.51. The molecule has 1 aromatic heterocycles. The zero-order valence-corrected chi connectivity index (χ0v) is 12.8. The number of aromatic amines is 1. The molecule has 1 aliphatic heterocycles. The number of amides is 1. The fourth-order valence-electron chi connectivity index (χ4n) is 2.78. The number of benzene rings is 1. The molecule has 21 heavy (non-hydrogen) atoms. The quantitative estimate of drug-likeness (QED) is 0.809. The minimum atomic E-state index is -0.487. The second kappa shape index (κ2) is 6.54. The monoisotopic (exact) mass is 303 g/mol. The van der Waals surface area contributed by atoms with Gasteiger partial charge in [-0.3, -0.25) is 4.79 Å². The Morgan fingerprint density at radius 1 is 1.38 bits per heavy atom. The standard InChI is InChI=1S/C16H21N3OS/c17-14(16(20)19-12-5-7-21-8-6-12)9-11-10-18-15-4-2-1-3-13(11)15/h1-4,10,12,14,18H,5-9,17H2,(H,19,20)/t14-/m0/s1. The van der Waals surface area contributed by atoms with Crippen molar-refractivity contribution in [2.75, 3.05) is 11.5 Å². The molecule has 0 saturated carbocycles. The van der Waals surface area contributed by atoms with Crippen LogP contribution in [0.15, 0.2) is 30.5 Å². The number of hydrogen-bond donors (Lipinski definition) is 3. The molecule has 1 atom stereocenters. The highest BCUT2D eigenvalue weighted by Gasteiger charge is 2.21. The van der Waals surface area contributed by atoms with E-state index in [-0.39, 0.29) is 5.91 Å². The highest BCUT2D eigenvalue weighted by atomic mass is 32.2. The number of aromatic nitrogens is 1. The van der Waals surface area contributed by atoms with Crippen LogP contribution in [0.1, 0.15) is 18.4 Å². The van der Waals surface area contributed by atoms with Crippen LogP contribution in [0.4, 0.5) is 0 Å². The molecule has 1 aromatic carbocycles. The molecular formula is C16H21N3OS. The number of rotatable bonds is 4. The average Bonchev–Trinajstić information content (AvgIpc) is 2.91. The van der Waals surface area contributed by atoms with Gasteiger partial charge in [0.1, 0.15) is 0 Å². The van der Waals surface area contributed by atoms with E-state index in [0.717, 1.165) is 40.8 Å². The van der Waals surface area contributed by atoms with Gasteiger partial charge in [-0.1, -0.05) is 18.2 Å². The maximum absolute atomic E-state index is 12.2. The van der Waals surface area contributed by atoms with E-state index in [1.54, 1.807) is 0 Å². The summed E-state index contributed by atoms with van der Waals surface area (Å²) in [7, 11) is 0. The molecule has 2 aromatic rings. The molecule has 0 radical (unpaired) electrons. The molecule has 1 fully saturated rings. The second-order valence-corrected chi connectivity index (χ2v) is 6.79. The summed E-state index contributed by atoms with van der Waals surface area (Å²) >= 11 is 1.95. The van der Waals surface area contributed by atoms with E-state index in [9.17, 15) is 4.79 Å². The van der Waals surface area contributed by atoms with Gasteiger partial charge in [0.25, 0.3) is 0 Å². The van der Waals surface area contributed by atoms with Crippen LogP contribution in [-0.2, 0) is 11.2 Å². The predicted molar refractivity (Wildman–Crippen MR) is 88.5 cm³/mol. The lowest BCUT2D eigenvalue weighted by molar-refractivity contribution is -0.123. The number of thioether (sulfide) groups is 1. The third-order valence-corrected chi connectivity index (χ3v) is 5.07. The lowest BCUT2D eigenvalue weighted by atomic mass is 10.0. The summed E-state index contributed by atoms with van der Waals surface area (Å²) in [5.41, 5.74) is 8.28. The Bertz CT molecular complexity index is 619. The van der Waals surface area contributed by atoms with E-state index in [4.69, 9.17) is 5.73 Å².